The predicted molar refractivity (Wildman–Crippen MR) is 66.0 cm³/mol. The fourth-order valence-corrected chi connectivity index (χ4v) is 1.40. The molecule has 0 bridgehead atoms. The molecule has 0 amide bonds. The SMILES string of the molecule is CCOCCNCc1ccc(C(=O)OC)cc1. The highest BCUT2D eigenvalue weighted by Crippen LogP contribution is 2.05. The number of rotatable bonds is 7. The number of ether oxygens (including phenoxy) is 2. The molecule has 0 atom stereocenters. The first-order chi connectivity index (χ1) is 8.27. The molecule has 1 aromatic carbocycles. The molecule has 0 radical (unpaired) electrons. The third-order valence-electron chi connectivity index (χ3n) is 2.33. The van der Waals surface area contributed by atoms with Crippen molar-refractivity contribution in [3.63, 3.8) is 0 Å². The monoisotopic (exact) mass is 237 g/mol. The van der Waals surface area contributed by atoms with Gasteiger partial charge in [-0.3, -0.25) is 0 Å². The molecule has 0 aliphatic rings. The van der Waals surface area contributed by atoms with Crippen LogP contribution < -0.4 is 5.32 Å². The summed E-state index contributed by atoms with van der Waals surface area (Å²) in [5.41, 5.74) is 1.71. The van der Waals surface area contributed by atoms with Gasteiger partial charge in [-0.25, -0.2) is 4.79 Å². The van der Waals surface area contributed by atoms with Crippen LogP contribution in [-0.4, -0.2) is 32.8 Å². The molecule has 0 spiro atoms. The predicted octanol–water partition coefficient (Wildman–Crippen LogP) is 1.60. The Morgan fingerprint density at radius 3 is 2.59 bits per heavy atom. The van der Waals surface area contributed by atoms with Crippen LogP contribution in [0.15, 0.2) is 24.3 Å². The zero-order valence-electron chi connectivity index (χ0n) is 10.4. The van der Waals surface area contributed by atoms with E-state index in [1.807, 2.05) is 19.1 Å². The second-order valence-corrected chi connectivity index (χ2v) is 3.56. The molecule has 0 fully saturated rings. The average molecular weight is 237 g/mol. The topological polar surface area (TPSA) is 47.6 Å². The molecule has 0 saturated carbocycles. The lowest BCUT2D eigenvalue weighted by Gasteiger charge is -2.05. The Balaban J connectivity index is 2.33. The van der Waals surface area contributed by atoms with Crippen molar-refractivity contribution in [1.29, 1.82) is 0 Å². The van der Waals surface area contributed by atoms with Crippen LogP contribution in [-0.2, 0) is 16.0 Å². The van der Waals surface area contributed by atoms with Gasteiger partial charge >= 0.3 is 5.97 Å². The molecular formula is C13H19NO3. The number of hydrogen-bond acceptors (Lipinski definition) is 4. The lowest BCUT2D eigenvalue weighted by molar-refractivity contribution is 0.0600. The zero-order chi connectivity index (χ0) is 12.5. The van der Waals surface area contributed by atoms with E-state index in [0.29, 0.717) is 5.56 Å². The van der Waals surface area contributed by atoms with E-state index in [0.717, 1.165) is 31.9 Å². The summed E-state index contributed by atoms with van der Waals surface area (Å²) in [6.45, 7) is 5.04. The van der Waals surface area contributed by atoms with Crippen LogP contribution in [0, 0.1) is 0 Å². The molecular weight excluding hydrogens is 218 g/mol. The van der Waals surface area contributed by atoms with E-state index < -0.39 is 0 Å². The maximum atomic E-state index is 11.2. The molecule has 0 unspecified atom stereocenters. The maximum Gasteiger partial charge on any atom is 0.337 e. The van der Waals surface area contributed by atoms with Gasteiger partial charge in [-0.05, 0) is 24.6 Å². The minimum atomic E-state index is -0.305. The van der Waals surface area contributed by atoms with Crippen molar-refractivity contribution >= 4 is 5.97 Å². The highest BCUT2D eigenvalue weighted by Gasteiger charge is 2.03. The summed E-state index contributed by atoms with van der Waals surface area (Å²) in [5, 5.41) is 3.26. The number of esters is 1. The van der Waals surface area contributed by atoms with Gasteiger partial charge < -0.3 is 14.8 Å². The van der Waals surface area contributed by atoms with Crippen molar-refractivity contribution < 1.29 is 14.3 Å². The van der Waals surface area contributed by atoms with Gasteiger partial charge in [0.05, 0.1) is 19.3 Å². The maximum absolute atomic E-state index is 11.2. The summed E-state index contributed by atoms with van der Waals surface area (Å²) in [5.74, 6) is -0.305. The lowest BCUT2D eigenvalue weighted by Crippen LogP contribution is -2.19. The third kappa shape index (κ3) is 4.97. The summed E-state index contributed by atoms with van der Waals surface area (Å²) < 4.78 is 9.84. The number of nitrogens with one attached hydrogen (secondary N) is 1. The molecule has 4 nitrogen and oxygen atoms in total. The van der Waals surface area contributed by atoms with Crippen molar-refractivity contribution in [3.8, 4) is 0 Å². The Kier molecular flexibility index (Phi) is 6.29. The first-order valence-corrected chi connectivity index (χ1v) is 5.73. The second kappa shape index (κ2) is 7.81. The number of methoxy groups -OCH3 is 1. The first-order valence-electron chi connectivity index (χ1n) is 5.73. The number of hydrogen-bond donors (Lipinski definition) is 1. The Labute approximate surface area is 102 Å². The van der Waals surface area contributed by atoms with E-state index in [1.54, 1.807) is 12.1 Å². The summed E-state index contributed by atoms with van der Waals surface area (Å²) in [6.07, 6.45) is 0. The quantitative estimate of drug-likeness (QED) is 0.578. The van der Waals surface area contributed by atoms with Gasteiger partial charge in [-0.1, -0.05) is 12.1 Å². The van der Waals surface area contributed by atoms with Crippen LogP contribution >= 0.6 is 0 Å². The fourth-order valence-electron chi connectivity index (χ4n) is 1.40. The van der Waals surface area contributed by atoms with Crippen LogP contribution in [0.2, 0.25) is 0 Å². The summed E-state index contributed by atoms with van der Waals surface area (Å²) in [6, 6.07) is 7.37. The van der Waals surface area contributed by atoms with E-state index in [-0.39, 0.29) is 5.97 Å². The molecule has 1 N–H and O–H groups in total. The number of carbonyl (C=O) groups is 1. The normalized spacial score (nSPS) is 10.2. The van der Waals surface area contributed by atoms with Crippen LogP contribution in [0.1, 0.15) is 22.8 Å². The zero-order valence-corrected chi connectivity index (χ0v) is 10.4. The summed E-state index contributed by atoms with van der Waals surface area (Å²) in [4.78, 5) is 11.2. The van der Waals surface area contributed by atoms with Gasteiger partial charge in [0.2, 0.25) is 0 Å². The lowest BCUT2D eigenvalue weighted by atomic mass is 10.1. The van der Waals surface area contributed by atoms with Gasteiger partial charge in [-0.2, -0.15) is 0 Å². The summed E-state index contributed by atoms with van der Waals surface area (Å²) >= 11 is 0. The molecule has 0 heterocycles. The molecule has 94 valence electrons. The van der Waals surface area contributed by atoms with Gasteiger partial charge in [0, 0.05) is 19.7 Å². The summed E-state index contributed by atoms with van der Waals surface area (Å²) in [7, 11) is 1.38. The number of benzene rings is 1. The van der Waals surface area contributed by atoms with Crippen molar-refractivity contribution in [2.24, 2.45) is 0 Å². The van der Waals surface area contributed by atoms with E-state index in [4.69, 9.17) is 4.74 Å². The molecule has 0 aliphatic carbocycles. The molecule has 1 aromatic rings. The smallest absolute Gasteiger partial charge is 0.337 e. The number of carbonyl (C=O) groups excluding carboxylic acids is 1. The van der Waals surface area contributed by atoms with E-state index in [9.17, 15) is 4.79 Å². The van der Waals surface area contributed by atoms with Crippen molar-refractivity contribution in [1.82, 2.24) is 5.32 Å². The van der Waals surface area contributed by atoms with Crippen molar-refractivity contribution in [2.75, 3.05) is 26.9 Å². The van der Waals surface area contributed by atoms with Crippen LogP contribution in [0.25, 0.3) is 0 Å². The van der Waals surface area contributed by atoms with Crippen LogP contribution in [0.3, 0.4) is 0 Å². The molecule has 0 aliphatic heterocycles. The van der Waals surface area contributed by atoms with Crippen molar-refractivity contribution in [3.05, 3.63) is 35.4 Å². The largest absolute Gasteiger partial charge is 0.465 e. The molecule has 1 rings (SSSR count). The Morgan fingerprint density at radius 1 is 1.29 bits per heavy atom. The molecule has 4 heteroatoms. The first kappa shape index (κ1) is 13.7. The average Bonchev–Trinajstić information content (AvgIpc) is 2.38. The van der Waals surface area contributed by atoms with Gasteiger partial charge in [0.15, 0.2) is 0 Å². The Morgan fingerprint density at radius 2 is 2.00 bits per heavy atom. The fraction of sp³-hybridized carbons (Fsp3) is 0.462. The Hall–Kier alpha value is -1.39. The van der Waals surface area contributed by atoms with Gasteiger partial charge in [-0.15, -0.1) is 0 Å². The second-order valence-electron chi connectivity index (χ2n) is 3.56. The van der Waals surface area contributed by atoms with Crippen LogP contribution in [0.5, 0.6) is 0 Å². The minimum Gasteiger partial charge on any atom is -0.465 e. The van der Waals surface area contributed by atoms with Crippen LogP contribution in [0.4, 0.5) is 0 Å². The van der Waals surface area contributed by atoms with E-state index in [2.05, 4.69) is 10.1 Å². The van der Waals surface area contributed by atoms with E-state index >= 15 is 0 Å². The van der Waals surface area contributed by atoms with Gasteiger partial charge in [0.25, 0.3) is 0 Å². The minimum absolute atomic E-state index is 0.305. The third-order valence-corrected chi connectivity index (χ3v) is 2.33. The van der Waals surface area contributed by atoms with E-state index in [1.165, 1.54) is 7.11 Å². The highest BCUT2D eigenvalue weighted by atomic mass is 16.5. The molecule has 0 aromatic heterocycles. The van der Waals surface area contributed by atoms with Crippen molar-refractivity contribution in [2.45, 2.75) is 13.5 Å². The highest BCUT2D eigenvalue weighted by molar-refractivity contribution is 5.89. The molecule has 0 saturated heterocycles. The standard InChI is InChI=1S/C13H19NO3/c1-3-17-9-8-14-10-11-4-6-12(7-5-11)13(15)16-2/h4-7,14H,3,8-10H2,1-2H3. The Bertz CT molecular complexity index is 335. The molecule has 17 heavy (non-hydrogen) atoms. The van der Waals surface area contributed by atoms with Gasteiger partial charge in [0.1, 0.15) is 0 Å².